The number of hydrogen-bond acceptors (Lipinski definition) is 4. The summed E-state index contributed by atoms with van der Waals surface area (Å²) in [5, 5.41) is 8.61. The quantitative estimate of drug-likeness (QED) is 0.689. The third-order valence-electron chi connectivity index (χ3n) is 2.99. The number of benzene rings is 1. The third-order valence-corrected chi connectivity index (χ3v) is 5.46. The van der Waals surface area contributed by atoms with Crippen LogP contribution in [0.4, 0.5) is 13.2 Å². The maximum atomic E-state index is 12.6. The number of rotatable bonds is 3. The number of alkyl halides is 3. The molecule has 2 rings (SSSR count). The molecule has 0 saturated carbocycles. The van der Waals surface area contributed by atoms with Crippen molar-refractivity contribution in [1.29, 1.82) is 5.26 Å². The molecule has 0 fully saturated rings. The van der Waals surface area contributed by atoms with Crippen LogP contribution in [0.3, 0.4) is 0 Å². The number of nitriles is 1. The van der Waals surface area contributed by atoms with E-state index >= 15 is 0 Å². The van der Waals surface area contributed by atoms with Gasteiger partial charge in [-0.15, -0.1) is 0 Å². The molecule has 4 nitrogen and oxygen atoms in total. The average molecular weight is 407 g/mol. The number of nitrogens with zero attached hydrogens (tertiary/aromatic N) is 2. The molecular formula is C15H7Cl2F3N2O2S. The van der Waals surface area contributed by atoms with E-state index in [2.05, 4.69) is 4.98 Å². The summed E-state index contributed by atoms with van der Waals surface area (Å²) in [5.41, 5.74) is -1.39. The number of sulfone groups is 1. The lowest BCUT2D eigenvalue weighted by atomic mass is 10.2. The first-order valence-corrected chi connectivity index (χ1v) is 8.65. The Morgan fingerprint density at radius 1 is 1.20 bits per heavy atom. The standard InChI is InChI=1S/C15H7Cl2F3N2O2S/c16-11-3-1-2-4-14(11)25(23,24)10(7-21)6-13-12(17)5-9(8-22-13)15(18,19)20/h1-6,8H. The van der Waals surface area contributed by atoms with Crippen LogP contribution in [0.2, 0.25) is 10.0 Å². The van der Waals surface area contributed by atoms with Crippen molar-refractivity contribution in [3.63, 3.8) is 0 Å². The maximum Gasteiger partial charge on any atom is 0.417 e. The highest BCUT2D eigenvalue weighted by atomic mass is 35.5. The van der Waals surface area contributed by atoms with E-state index in [-0.39, 0.29) is 15.6 Å². The molecule has 0 atom stereocenters. The van der Waals surface area contributed by atoms with E-state index in [0.717, 1.165) is 6.08 Å². The number of allylic oxidation sites excluding steroid dienone is 1. The zero-order chi connectivity index (χ0) is 18.8. The molecule has 0 N–H and O–H groups in total. The predicted octanol–water partition coefficient (Wildman–Crippen LogP) is 4.75. The first-order chi connectivity index (χ1) is 11.6. The molecule has 0 bridgehead atoms. The number of hydrogen-bond donors (Lipinski definition) is 0. The second-order valence-electron chi connectivity index (χ2n) is 4.64. The van der Waals surface area contributed by atoms with Crippen LogP contribution < -0.4 is 0 Å². The van der Waals surface area contributed by atoms with Crippen molar-refractivity contribution in [3.05, 3.63) is 62.7 Å². The molecule has 0 aliphatic carbocycles. The Bertz CT molecular complexity index is 997. The highest BCUT2D eigenvalue weighted by molar-refractivity contribution is 7.95. The van der Waals surface area contributed by atoms with Crippen molar-refractivity contribution in [2.75, 3.05) is 0 Å². The Labute approximate surface area is 151 Å². The lowest BCUT2D eigenvalue weighted by molar-refractivity contribution is -0.137. The van der Waals surface area contributed by atoms with Gasteiger partial charge in [-0.1, -0.05) is 35.3 Å². The number of halogens is 5. The summed E-state index contributed by atoms with van der Waals surface area (Å²) in [6.45, 7) is 0. The summed E-state index contributed by atoms with van der Waals surface area (Å²) in [7, 11) is -4.29. The fourth-order valence-corrected chi connectivity index (χ4v) is 3.65. The Morgan fingerprint density at radius 3 is 2.36 bits per heavy atom. The van der Waals surface area contributed by atoms with Crippen molar-refractivity contribution < 1.29 is 21.6 Å². The van der Waals surface area contributed by atoms with Gasteiger partial charge in [0.05, 0.1) is 26.2 Å². The normalized spacial score (nSPS) is 12.7. The smallest absolute Gasteiger partial charge is 0.255 e. The van der Waals surface area contributed by atoms with Crippen LogP contribution in [0.25, 0.3) is 6.08 Å². The van der Waals surface area contributed by atoms with Crippen LogP contribution in [0.5, 0.6) is 0 Å². The third kappa shape index (κ3) is 4.12. The van der Waals surface area contributed by atoms with E-state index in [1.807, 2.05) is 0 Å². The van der Waals surface area contributed by atoms with Gasteiger partial charge < -0.3 is 0 Å². The largest absolute Gasteiger partial charge is 0.417 e. The molecule has 1 aromatic heterocycles. The molecule has 1 aromatic carbocycles. The van der Waals surface area contributed by atoms with Gasteiger partial charge in [0.1, 0.15) is 6.07 Å². The Morgan fingerprint density at radius 2 is 1.84 bits per heavy atom. The van der Waals surface area contributed by atoms with Gasteiger partial charge >= 0.3 is 6.18 Å². The van der Waals surface area contributed by atoms with Crippen molar-refractivity contribution in [3.8, 4) is 6.07 Å². The highest BCUT2D eigenvalue weighted by Crippen LogP contribution is 2.32. The van der Waals surface area contributed by atoms with E-state index in [1.165, 1.54) is 30.3 Å². The topological polar surface area (TPSA) is 70.8 Å². The van der Waals surface area contributed by atoms with E-state index < -0.39 is 31.5 Å². The molecule has 0 spiro atoms. The molecule has 1 heterocycles. The lowest BCUT2D eigenvalue weighted by Gasteiger charge is -2.08. The molecule has 2 aromatic rings. The molecule has 0 aliphatic rings. The monoisotopic (exact) mass is 406 g/mol. The second-order valence-corrected chi connectivity index (χ2v) is 7.34. The van der Waals surface area contributed by atoms with Crippen LogP contribution in [0.1, 0.15) is 11.3 Å². The second kappa shape index (κ2) is 7.04. The predicted molar refractivity (Wildman–Crippen MR) is 86.5 cm³/mol. The lowest BCUT2D eigenvalue weighted by Crippen LogP contribution is -2.07. The van der Waals surface area contributed by atoms with Gasteiger partial charge in [0.25, 0.3) is 0 Å². The molecule has 0 amide bonds. The first-order valence-electron chi connectivity index (χ1n) is 6.41. The highest BCUT2D eigenvalue weighted by Gasteiger charge is 2.31. The maximum absolute atomic E-state index is 12.6. The van der Waals surface area contributed by atoms with Crippen molar-refractivity contribution in [2.45, 2.75) is 11.1 Å². The summed E-state index contributed by atoms with van der Waals surface area (Å²) in [5.74, 6) is 0. The summed E-state index contributed by atoms with van der Waals surface area (Å²) < 4.78 is 62.8. The fourth-order valence-electron chi connectivity index (χ4n) is 1.78. The van der Waals surface area contributed by atoms with Crippen LogP contribution in [-0.2, 0) is 16.0 Å². The summed E-state index contributed by atoms with van der Waals surface area (Å²) in [6, 6.07) is 7.52. The molecule has 0 unspecified atom stereocenters. The molecule has 0 radical (unpaired) electrons. The summed E-state index contributed by atoms with van der Waals surface area (Å²) >= 11 is 11.6. The van der Waals surface area contributed by atoms with Crippen molar-refractivity contribution >= 4 is 39.1 Å². The van der Waals surface area contributed by atoms with E-state index in [0.29, 0.717) is 12.3 Å². The van der Waals surface area contributed by atoms with Crippen LogP contribution in [0, 0.1) is 11.3 Å². The fraction of sp³-hybridized carbons (Fsp3) is 0.0667. The van der Waals surface area contributed by atoms with E-state index in [1.54, 1.807) is 0 Å². The summed E-state index contributed by atoms with van der Waals surface area (Å²) in [4.78, 5) is 2.42. The van der Waals surface area contributed by atoms with Gasteiger partial charge in [0, 0.05) is 6.20 Å². The molecule has 25 heavy (non-hydrogen) atoms. The Balaban J connectivity index is 2.56. The molecule has 130 valence electrons. The van der Waals surface area contributed by atoms with Gasteiger partial charge in [-0.3, -0.25) is 4.98 Å². The van der Waals surface area contributed by atoms with Crippen LogP contribution in [-0.4, -0.2) is 13.4 Å². The Kier molecular flexibility index (Phi) is 5.42. The zero-order valence-electron chi connectivity index (χ0n) is 12.1. The van der Waals surface area contributed by atoms with Gasteiger partial charge in [0.15, 0.2) is 4.91 Å². The van der Waals surface area contributed by atoms with Crippen LogP contribution in [0.15, 0.2) is 46.3 Å². The number of pyridine rings is 1. The van der Waals surface area contributed by atoms with Gasteiger partial charge in [0.2, 0.25) is 9.84 Å². The van der Waals surface area contributed by atoms with Gasteiger partial charge in [-0.25, -0.2) is 8.42 Å². The van der Waals surface area contributed by atoms with E-state index in [4.69, 9.17) is 28.5 Å². The van der Waals surface area contributed by atoms with Gasteiger partial charge in [-0.05, 0) is 24.3 Å². The minimum Gasteiger partial charge on any atom is -0.255 e. The molecule has 0 aliphatic heterocycles. The van der Waals surface area contributed by atoms with Gasteiger partial charge in [-0.2, -0.15) is 18.4 Å². The average Bonchev–Trinajstić information content (AvgIpc) is 2.52. The zero-order valence-corrected chi connectivity index (χ0v) is 14.4. The minimum absolute atomic E-state index is 0.102. The van der Waals surface area contributed by atoms with Crippen molar-refractivity contribution in [2.24, 2.45) is 0 Å². The SMILES string of the molecule is N#CC(=Cc1ncc(C(F)(F)F)cc1Cl)S(=O)(=O)c1ccccc1Cl. The summed E-state index contributed by atoms with van der Waals surface area (Å²) in [6.07, 6.45) is -3.36. The molecule has 10 heteroatoms. The van der Waals surface area contributed by atoms with E-state index in [9.17, 15) is 21.6 Å². The first kappa shape index (κ1) is 19.2. The van der Waals surface area contributed by atoms with Crippen LogP contribution >= 0.6 is 23.2 Å². The van der Waals surface area contributed by atoms with Crippen molar-refractivity contribution in [1.82, 2.24) is 4.98 Å². The molecular weight excluding hydrogens is 400 g/mol. The minimum atomic E-state index is -4.65. The Hall–Kier alpha value is -2.08. The molecule has 0 saturated heterocycles. The number of aromatic nitrogens is 1.